The number of nitrogens with zero attached hydrogens (tertiary/aromatic N) is 1. The minimum absolute atomic E-state index is 0.0900. The third-order valence-corrected chi connectivity index (χ3v) is 3.61. The molecule has 0 atom stereocenters. The number of hydrogen-bond acceptors (Lipinski definition) is 3. The van der Waals surface area contributed by atoms with E-state index in [4.69, 9.17) is 17.0 Å². The molecular weight excluding hydrogens is 281 g/mol. The van der Waals surface area contributed by atoms with Crippen LogP contribution in [0.4, 0.5) is 4.39 Å². The molecule has 1 saturated carbocycles. The summed E-state index contributed by atoms with van der Waals surface area (Å²) >= 11 is 5.19. The molecule has 3 rings (SSSR count). The predicted octanol–water partition coefficient (Wildman–Crippen LogP) is 2.13. The second kappa shape index (κ2) is 4.90. The molecule has 5 nitrogen and oxygen atoms in total. The minimum atomic E-state index is -0.467. The van der Waals surface area contributed by atoms with Crippen molar-refractivity contribution < 1.29 is 13.9 Å². The Morgan fingerprint density at radius 2 is 2.35 bits per heavy atom. The average Bonchev–Trinajstić information content (AvgIpc) is 3.15. The molecular formula is C13H14FN3O2S. The number of carbonyl (C=O) groups excluding carboxylic acids is 1. The Morgan fingerprint density at radius 1 is 1.60 bits per heavy atom. The van der Waals surface area contributed by atoms with E-state index in [-0.39, 0.29) is 18.2 Å². The maximum absolute atomic E-state index is 13.6. The van der Waals surface area contributed by atoms with E-state index in [0.29, 0.717) is 21.8 Å². The number of hydrogen-bond donors (Lipinski definition) is 2. The zero-order valence-electron chi connectivity index (χ0n) is 10.9. The van der Waals surface area contributed by atoms with Crippen LogP contribution in [0.25, 0.3) is 11.0 Å². The van der Waals surface area contributed by atoms with E-state index in [1.165, 1.54) is 13.2 Å². The van der Waals surface area contributed by atoms with Crippen LogP contribution in [0, 0.1) is 10.6 Å². The lowest BCUT2D eigenvalue weighted by atomic mass is 10.3. The van der Waals surface area contributed by atoms with Crippen LogP contribution >= 0.6 is 12.2 Å². The first kappa shape index (κ1) is 13.1. The predicted molar refractivity (Wildman–Crippen MR) is 74.8 cm³/mol. The van der Waals surface area contributed by atoms with Crippen molar-refractivity contribution in [3.8, 4) is 5.75 Å². The lowest BCUT2D eigenvalue weighted by Gasteiger charge is -2.07. The summed E-state index contributed by atoms with van der Waals surface area (Å²) < 4.78 is 20.6. The Hall–Kier alpha value is -1.89. The van der Waals surface area contributed by atoms with Gasteiger partial charge in [-0.15, -0.1) is 0 Å². The molecule has 0 unspecified atom stereocenters. The fourth-order valence-corrected chi connectivity index (χ4v) is 2.39. The Morgan fingerprint density at radius 3 is 3.00 bits per heavy atom. The fraction of sp³-hybridized carbons (Fsp3) is 0.385. The molecule has 0 aliphatic heterocycles. The number of halogens is 1. The Labute approximate surface area is 119 Å². The zero-order chi connectivity index (χ0) is 14.3. The number of carbonyl (C=O) groups is 1. The van der Waals surface area contributed by atoms with E-state index in [9.17, 15) is 9.18 Å². The van der Waals surface area contributed by atoms with Crippen molar-refractivity contribution in [3.63, 3.8) is 0 Å². The van der Waals surface area contributed by atoms with E-state index in [1.54, 1.807) is 10.6 Å². The van der Waals surface area contributed by atoms with Crippen LogP contribution in [0.1, 0.15) is 12.8 Å². The topological polar surface area (TPSA) is 59.0 Å². The summed E-state index contributed by atoms with van der Waals surface area (Å²) in [5.74, 6) is -0.429. The number of aromatic amines is 1. The molecule has 1 aliphatic carbocycles. The molecule has 2 aromatic rings. The van der Waals surface area contributed by atoms with Gasteiger partial charge in [0.2, 0.25) is 5.91 Å². The van der Waals surface area contributed by atoms with Crippen LogP contribution in [0.15, 0.2) is 12.1 Å². The fourth-order valence-electron chi connectivity index (χ4n) is 2.12. The Kier molecular flexibility index (Phi) is 3.21. The van der Waals surface area contributed by atoms with Gasteiger partial charge in [-0.25, -0.2) is 4.39 Å². The minimum Gasteiger partial charge on any atom is -0.494 e. The van der Waals surface area contributed by atoms with Crippen LogP contribution in [0.2, 0.25) is 0 Å². The molecule has 0 bridgehead atoms. The number of amides is 1. The molecule has 0 saturated heterocycles. The molecule has 0 spiro atoms. The van der Waals surface area contributed by atoms with Crippen LogP contribution < -0.4 is 10.1 Å². The van der Waals surface area contributed by atoms with E-state index in [0.717, 1.165) is 12.8 Å². The lowest BCUT2D eigenvalue weighted by Crippen LogP contribution is -2.29. The second-order valence-electron chi connectivity index (χ2n) is 4.86. The maximum Gasteiger partial charge on any atom is 0.240 e. The largest absolute Gasteiger partial charge is 0.494 e. The van der Waals surface area contributed by atoms with Gasteiger partial charge in [-0.05, 0) is 25.1 Å². The van der Waals surface area contributed by atoms with E-state index < -0.39 is 5.82 Å². The van der Waals surface area contributed by atoms with Gasteiger partial charge < -0.3 is 19.6 Å². The van der Waals surface area contributed by atoms with Crippen molar-refractivity contribution in [1.82, 2.24) is 14.9 Å². The molecule has 1 heterocycles. The first-order valence-corrected chi connectivity index (χ1v) is 6.74. The zero-order valence-corrected chi connectivity index (χ0v) is 11.7. The number of rotatable bonds is 4. The number of ether oxygens (including phenoxy) is 1. The highest BCUT2D eigenvalue weighted by atomic mass is 32.1. The van der Waals surface area contributed by atoms with Gasteiger partial charge in [0.15, 0.2) is 16.3 Å². The van der Waals surface area contributed by atoms with Crippen molar-refractivity contribution in [2.45, 2.75) is 25.4 Å². The Balaban J connectivity index is 1.98. The van der Waals surface area contributed by atoms with E-state index in [2.05, 4.69) is 10.3 Å². The SMILES string of the molecule is COc1cc2c(cc1F)[nH]c(=S)n2CC(=O)NC1CC1. The van der Waals surface area contributed by atoms with Crippen molar-refractivity contribution >= 4 is 29.2 Å². The molecule has 7 heteroatoms. The molecule has 0 radical (unpaired) electrons. The normalized spacial score (nSPS) is 14.5. The number of methoxy groups -OCH3 is 1. The highest BCUT2D eigenvalue weighted by molar-refractivity contribution is 7.71. The average molecular weight is 295 g/mol. The monoisotopic (exact) mass is 295 g/mol. The lowest BCUT2D eigenvalue weighted by molar-refractivity contribution is -0.121. The molecule has 1 aromatic heterocycles. The summed E-state index contributed by atoms with van der Waals surface area (Å²) in [6.07, 6.45) is 2.06. The number of aromatic nitrogens is 2. The summed E-state index contributed by atoms with van der Waals surface area (Å²) in [7, 11) is 1.40. The van der Waals surface area contributed by atoms with Crippen LogP contribution in [-0.2, 0) is 11.3 Å². The van der Waals surface area contributed by atoms with Gasteiger partial charge in [0.25, 0.3) is 0 Å². The van der Waals surface area contributed by atoms with Crippen LogP contribution in [0.3, 0.4) is 0 Å². The van der Waals surface area contributed by atoms with Gasteiger partial charge in [0.1, 0.15) is 6.54 Å². The van der Waals surface area contributed by atoms with Gasteiger partial charge >= 0.3 is 0 Å². The molecule has 1 amide bonds. The second-order valence-corrected chi connectivity index (χ2v) is 5.25. The van der Waals surface area contributed by atoms with Gasteiger partial charge in [-0.3, -0.25) is 4.79 Å². The van der Waals surface area contributed by atoms with Crippen molar-refractivity contribution in [1.29, 1.82) is 0 Å². The van der Waals surface area contributed by atoms with Crippen LogP contribution in [-0.4, -0.2) is 28.6 Å². The summed E-state index contributed by atoms with van der Waals surface area (Å²) in [4.78, 5) is 14.8. The third kappa shape index (κ3) is 2.40. The third-order valence-electron chi connectivity index (χ3n) is 3.29. The quantitative estimate of drug-likeness (QED) is 0.850. The maximum atomic E-state index is 13.6. The van der Waals surface area contributed by atoms with Crippen molar-refractivity contribution in [3.05, 3.63) is 22.7 Å². The number of benzene rings is 1. The first-order valence-electron chi connectivity index (χ1n) is 6.34. The molecule has 2 N–H and O–H groups in total. The van der Waals surface area contributed by atoms with Crippen molar-refractivity contribution in [2.75, 3.05) is 7.11 Å². The summed E-state index contributed by atoms with van der Waals surface area (Å²) in [5.41, 5.74) is 1.20. The smallest absolute Gasteiger partial charge is 0.240 e. The molecule has 1 aromatic carbocycles. The summed E-state index contributed by atoms with van der Waals surface area (Å²) in [6.45, 7) is 0.115. The standard InChI is InChI=1S/C13H14FN3O2S/c1-19-11-5-10-9(4-8(11)14)16-13(20)17(10)6-12(18)15-7-2-3-7/h4-5,7H,2-3,6H2,1H3,(H,15,18)(H,16,20). The highest BCUT2D eigenvalue weighted by Crippen LogP contribution is 2.24. The molecule has 1 fully saturated rings. The highest BCUT2D eigenvalue weighted by Gasteiger charge is 2.23. The number of fused-ring (bicyclic) bond motifs is 1. The number of nitrogens with one attached hydrogen (secondary N) is 2. The molecule has 106 valence electrons. The van der Waals surface area contributed by atoms with Gasteiger partial charge in [0, 0.05) is 18.2 Å². The van der Waals surface area contributed by atoms with Gasteiger partial charge in [-0.1, -0.05) is 0 Å². The Bertz CT molecular complexity index is 733. The molecule has 1 aliphatic rings. The van der Waals surface area contributed by atoms with Crippen LogP contribution in [0.5, 0.6) is 5.75 Å². The number of H-pyrrole nitrogens is 1. The van der Waals surface area contributed by atoms with E-state index >= 15 is 0 Å². The van der Waals surface area contributed by atoms with E-state index in [1.807, 2.05) is 0 Å². The van der Waals surface area contributed by atoms with Crippen molar-refractivity contribution in [2.24, 2.45) is 0 Å². The van der Waals surface area contributed by atoms with Gasteiger partial charge in [-0.2, -0.15) is 0 Å². The van der Waals surface area contributed by atoms with Gasteiger partial charge in [0.05, 0.1) is 18.1 Å². The molecule has 20 heavy (non-hydrogen) atoms. The summed E-state index contributed by atoms with van der Waals surface area (Å²) in [6, 6.07) is 3.16. The number of imidazole rings is 1. The first-order chi connectivity index (χ1) is 9.58. The summed E-state index contributed by atoms with van der Waals surface area (Å²) in [5, 5.41) is 2.90.